The van der Waals surface area contributed by atoms with Crippen LogP contribution < -0.4 is 0 Å². The van der Waals surface area contributed by atoms with Crippen molar-refractivity contribution in [3.8, 4) is 0 Å². The maximum Gasteiger partial charge on any atom is 0.302 e. The van der Waals surface area contributed by atoms with Crippen molar-refractivity contribution in [3.63, 3.8) is 0 Å². The molecule has 38 heavy (non-hydrogen) atoms. The van der Waals surface area contributed by atoms with Crippen molar-refractivity contribution in [2.75, 3.05) is 0 Å². The first-order chi connectivity index (χ1) is 17.6. The lowest BCUT2D eigenvalue weighted by molar-refractivity contribution is -0.181. The van der Waals surface area contributed by atoms with Gasteiger partial charge in [0.15, 0.2) is 0 Å². The summed E-state index contributed by atoms with van der Waals surface area (Å²) in [5, 5.41) is 0. The average Bonchev–Trinajstić information content (AvgIpc) is 3.40. The molecule has 0 aromatic heterocycles. The number of fused-ring (bicyclic) bond motifs is 2. The molecular formula is C36H60O2. The SMILES string of the molecule is C=C(C)[C@@H](C)[C@@H](C[C@@H](C)[C@H]1CC[C@@]2(C)[C@@H]3CC[C@H]4C(C)(C)[C@@H](OC(C)=O)CC[C@@]45C[C@@]35CC[C@]12C)C(C)C. The summed E-state index contributed by atoms with van der Waals surface area (Å²) in [5.74, 6) is 5.21. The van der Waals surface area contributed by atoms with Gasteiger partial charge < -0.3 is 4.74 Å². The van der Waals surface area contributed by atoms with Gasteiger partial charge >= 0.3 is 5.97 Å². The van der Waals surface area contributed by atoms with Crippen molar-refractivity contribution in [1.29, 1.82) is 0 Å². The standard InChI is InChI=1S/C36H60O2/c1-22(2)25(6)27(23(3)4)20-24(5)28-14-16-34(11)30-13-12-29-32(8,9)31(38-26(7)37)15-17-35(29)21-36(30,35)19-18-33(28,34)10/h23-25,27-31H,1,12-21H2,2-11H3/t24-,25-,27+,28-,29+,30+,31+,33-,34+,35-,36+/m1/s1. The molecule has 0 saturated heterocycles. The fourth-order valence-corrected chi connectivity index (χ4v) is 12.7. The lowest BCUT2D eigenvalue weighted by Crippen LogP contribution is -2.58. The second-order valence-corrected chi connectivity index (χ2v) is 16.9. The molecule has 5 rings (SSSR count). The predicted molar refractivity (Wildman–Crippen MR) is 159 cm³/mol. The number of hydrogen-bond acceptors (Lipinski definition) is 2. The zero-order valence-electron chi connectivity index (χ0n) is 26.7. The molecule has 0 aromatic rings. The van der Waals surface area contributed by atoms with E-state index in [0.717, 1.165) is 30.1 Å². The molecule has 0 N–H and O–H groups in total. The summed E-state index contributed by atoms with van der Waals surface area (Å²) >= 11 is 0. The Morgan fingerprint density at radius 2 is 1.47 bits per heavy atom. The smallest absolute Gasteiger partial charge is 0.302 e. The Kier molecular flexibility index (Phi) is 6.88. The van der Waals surface area contributed by atoms with Crippen LogP contribution in [0.2, 0.25) is 0 Å². The molecule has 216 valence electrons. The summed E-state index contributed by atoms with van der Waals surface area (Å²) in [6.45, 7) is 28.4. The van der Waals surface area contributed by atoms with Gasteiger partial charge in [-0.2, -0.15) is 0 Å². The highest BCUT2D eigenvalue weighted by molar-refractivity contribution is 5.66. The van der Waals surface area contributed by atoms with Gasteiger partial charge in [0, 0.05) is 12.3 Å². The minimum Gasteiger partial charge on any atom is -0.462 e. The minimum absolute atomic E-state index is 0.0948. The quantitative estimate of drug-likeness (QED) is 0.245. The van der Waals surface area contributed by atoms with E-state index in [9.17, 15) is 4.79 Å². The Balaban J connectivity index is 1.38. The molecule has 5 aliphatic carbocycles. The summed E-state index contributed by atoms with van der Waals surface area (Å²) < 4.78 is 5.93. The molecule has 5 saturated carbocycles. The number of carbonyl (C=O) groups is 1. The van der Waals surface area contributed by atoms with Gasteiger partial charge in [0.05, 0.1) is 0 Å². The molecule has 0 heterocycles. The summed E-state index contributed by atoms with van der Waals surface area (Å²) in [5.41, 5.74) is 3.48. The van der Waals surface area contributed by atoms with Crippen molar-refractivity contribution in [2.45, 2.75) is 140 Å². The first-order valence-corrected chi connectivity index (χ1v) is 16.4. The Morgan fingerprint density at radius 3 is 2.08 bits per heavy atom. The largest absolute Gasteiger partial charge is 0.462 e. The zero-order chi connectivity index (χ0) is 28.1. The van der Waals surface area contributed by atoms with Gasteiger partial charge in [-0.25, -0.2) is 0 Å². The van der Waals surface area contributed by atoms with Crippen LogP contribution in [0.5, 0.6) is 0 Å². The summed E-state index contributed by atoms with van der Waals surface area (Å²) in [7, 11) is 0. The van der Waals surface area contributed by atoms with E-state index < -0.39 is 0 Å². The number of carbonyl (C=O) groups excluding carboxylic acids is 1. The Bertz CT molecular complexity index is 962. The van der Waals surface area contributed by atoms with Crippen LogP contribution in [0, 0.1) is 68.5 Å². The molecule has 0 aliphatic heterocycles. The van der Waals surface area contributed by atoms with Crippen LogP contribution in [-0.2, 0) is 9.53 Å². The maximum absolute atomic E-state index is 11.9. The summed E-state index contributed by atoms with van der Waals surface area (Å²) in [4.78, 5) is 11.9. The fraction of sp³-hybridized carbons (Fsp3) is 0.917. The molecule has 5 fully saturated rings. The van der Waals surface area contributed by atoms with E-state index in [1.165, 1.54) is 63.4 Å². The van der Waals surface area contributed by atoms with Crippen LogP contribution in [0.25, 0.3) is 0 Å². The molecule has 0 aromatic carbocycles. The predicted octanol–water partition coefficient (Wildman–Crippen LogP) is 9.87. The normalized spacial score (nSPS) is 47.1. The van der Waals surface area contributed by atoms with Crippen LogP contribution in [0.15, 0.2) is 12.2 Å². The molecule has 0 bridgehead atoms. The minimum atomic E-state index is -0.0948. The molecule has 5 aliphatic rings. The van der Waals surface area contributed by atoms with Gasteiger partial charge in [0.2, 0.25) is 0 Å². The van der Waals surface area contributed by atoms with Crippen LogP contribution in [-0.4, -0.2) is 12.1 Å². The lowest BCUT2D eigenvalue weighted by atomic mass is 9.41. The van der Waals surface area contributed by atoms with Gasteiger partial charge in [-0.3, -0.25) is 4.79 Å². The highest BCUT2D eigenvalue weighted by Gasteiger charge is 2.82. The Hall–Kier alpha value is -0.790. The number of hydrogen-bond donors (Lipinski definition) is 0. The van der Waals surface area contributed by atoms with E-state index in [4.69, 9.17) is 4.74 Å². The van der Waals surface area contributed by atoms with E-state index in [-0.39, 0.29) is 17.5 Å². The number of rotatable bonds is 7. The van der Waals surface area contributed by atoms with Crippen molar-refractivity contribution in [1.82, 2.24) is 0 Å². The van der Waals surface area contributed by atoms with Crippen molar-refractivity contribution in [3.05, 3.63) is 12.2 Å². The fourth-order valence-electron chi connectivity index (χ4n) is 12.7. The molecule has 2 heteroatoms. The summed E-state index contributed by atoms with van der Waals surface area (Å²) in [6.07, 6.45) is 13.8. The maximum atomic E-state index is 11.9. The monoisotopic (exact) mass is 524 g/mol. The van der Waals surface area contributed by atoms with Crippen LogP contribution in [0.1, 0.15) is 133 Å². The van der Waals surface area contributed by atoms with Crippen LogP contribution in [0.4, 0.5) is 0 Å². The average molecular weight is 525 g/mol. The van der Waals surface area contributed by atoms with Gasteiger partial charge in [0.25, 0.3) is 0 Å². The van der Waals surface area contributed by atoms with Gasteiger partial charge in [-0.1, -0.05) is 67.5 Å². The van der Waals surface area contributed by atoms with E-state index in [2.05, 4.69) is 68.9 Å². The third-order valence-corrected chi connectivity index (χ3v) is 15.0. The van der Waals surface area contributed by atoms with Crippen molar-refractivity contribution in [2.24, 2.45) is 68.5 Å². The van der Waals surface area contributed by atoms with Crippen molar-refractivity contribution >= 4 is 5.97 Å². The molecular weight excluding hydrogens is 464 g/mol. The second-order valence-electron chi connectivity index (χ2n) is 16.9. The van der Waals surface area contributed by atoms with E-state index in [1.54, 1.807) is 6.92 Å². The van der Waals surface area contributed by atoms with Gasteiger partial charge in [0.1, 0.15) is 6.10 Å². The van der Waals surface area contributed by atoms with E-state index in [0.29, 0.717) is 39.4 Å². The summed E-state index contributed by atoms with van der Waals surface area (Å²) in [6, 6.07) is 0. The topological polar surface area (TPSA) is 26.3 Å². The highest BCUT2D eigenvalue weighted by atomic mass is 16.5. The number of allylic oxidation sites excluding steroid dienone is 1. The van der Waals surface area contributed by atoms with Crippen LogP contribution in [0.3, 0.4) is 0 Å². The molecule has 2 nitrogen and oxygen atoms in total. The first-order valence-electron chi connectivity index (χ1n) is 16.4. The molecule has 0 radical (unpaired) electrons. The van der Waals surface area contributed by atoms with E-state index in [1.807, 2.05) is 0 Å². The zero-order valence-corrected chi connectivity index (χ0v) is 26.7. The lowest BCUT2D eigenvalue weighted by Gasteiger charge is -2.63. The van der Waals surface area contributed by atoms with Crippen LogP contribution >= 0.6 is 0 Å². The van der Waals surface area contributed by atoms with E-state index >= 15 is 0 Å². The third kappa shape index (κ3) is 3.72. The number of esters is 1. The number of ether oxygens (including phenoxy) is 1. The molecule has 2 spiro atoms. The Morgan fingerprint density at radius 1 is 0.842 bits per heavy atom. The van der Waals surface area contributed by atoms with Gasteiger partial charge in [-0.05, 0) is 134 Å². The van der Waals surface area contributed by atoms with Gasteiger partial charge in [-0.15, -0.1) is 0 Å². The highest BCUT2D eigenvalue weighted by Crippen LogP contribution is 2.89. The van der Waals surface area contributed by atoms with Crippen molar-refractivity contribution < 1.29 is 9.53 Å². The first kappa shape index (κ1) is 28.7. The third-order valence-electron chi connectivity index (χ3n) is 15.0. The molecule has 0 amide bonds. The molecule has 0 unspecified atom stereocenters. The Labute approximate surface area is 235 Å². The second kappa shape index (κ2) is 9.11. The molecule has 11 atom stereocenters.